The van der Waals surface area contributed by atoms with E-state index in [4.69, 9.17) is 0 Å². The number of nitrogens with zero attached hydrogens (tertiary/aromatic N) is 1. The fraction of sp³-hybridized carbons (Fsp3) is 0.571. The Morgan fingerprint density at radius 2 is 1.73 bits per heavy atom. The van der Waals surface area contributed by atoms with E-state index in [-0.39, 0.29) is 0 Å². The molecule has 0 atom stereocenters. The molecule has 1 heterocycles. The minimum absolute atomic E-state index is 0.354. The van der Waals surface area contributed by atoms with Crippen LogP contribution in [0.5, 0.6) is 0 Å². The van der Waals surface area contributed by atoms with E-state index >= 15 is 0 Å². The van der Waals surface area contributed by atoms with E-state index in [0.717, 1.165) is 5.92 Å². The number of benzene rings is 1. The minimum atomic E-state index is 0.354. The van der Waals surface area contributed by atoms with E-state index in [2.05, 4.69) is 56.0 Å². The van der Waals surface area contributed by atoms with Crippen molar-refractivity contribution in [1.29, 1.82) is 0 Å². The van der Waals surface area contributed by atoms with Crippen molar-refractivity contribution in [2.45, 2.75) is 32.7 Å². The Morgan fingerprint density at radius 1 is 1.13 bits per heavy atom. The molecule has 1 fully saturated rings. The summed E-state index contributed by atoms with van der Waals surface area (Å²) in [4.78, 5) is 2.56. The molecule has 2 rings (SSSR count). The first kappa shape index (κ1) is 10.7. The third-order valence-electron chi connectivity index (χ3n) is 3.27. The average molecular weight is 203 g/mol. The molecule has 0 saturated carbocycles. The van der Waals surface area contributed by atoms with Crippen LogP contribution in [0.2, 0.25) is 0 Å². The molecular weight excluding hydrogens is 182 g/mol. The van der Waals surface area contributed by atoms with Crippen LogP contribution in [0.3, 0.4) is 0 Å². The van der Waals surface area contributed by atoms with Crippen LogP contribution >= 0.6 is 0 Å². The van der Waals surface area contributed by atoms with Gasteiger partial charge in [0.1, 0.15) is 0 Å². The fourth-order valence-electron chi connectivity index (χ4n) is 2.19. The van der Waals surface area contributed by atoms with Crippen LogP contribution < -0.4 is 0 Å². The summed E-state index contributed by atoms with van der Waals surface area (Å²) in [6, 6.07) is 10.8. The number of rotatable bonds is 2. The van der Waals surface area contributed by atoms with Gasteiger partial charge in [0.25, 0.3) is 0 Å². The topological polar surface area (TPSA) is 3.24 Å². The summed E-state index contributed by atoms with van der Waals surface area (Å²) in [6.07, 6.45) is 1.24. The zero-order valence-corrected chi connectivity index (χ0v) is 10.0. The summed E-state index contributed by atoms with van der Waals surface area (Å²) in [5, 5.41) is 0. The van der Waals surface area contributed by atoms with E-state index in [0.29, 0.717) is 5.54 Å². The molecule has 1 aromatic carbocycles. The maximum atomic E-state index is 2.56. The first-order valence-corrected chi connectivity index (χ1v) is 5.85. The molecule has 0 aromatic heterocycles. The van der Waals surface area contributed by atoms with Gasteiger partial charge in [-0.15, -0.1) is 0 Å². The molecule has 1 aromatic rings. The molecule has 1 aliphatic rings. The monoisotopic (exact) mass is 203 g/mol. The maximum Gasteiger partial charge on any atom is 0.0125 e. The summed E-state index contributed by atoms with van der Waals surface area (Å²) in [5.41, 5.74) is 1.84. The molecule has 0 amide bonds. The number of hydrogen-bond acceptors (Lipinski definition) is 1. The average Bonchev–Trinajstić information content (AvgIpc) is 2.10. The number of hydrogen-bond donors (Lipinski definition) is 0. The van der Waals surface area contributed by atoms with Crippen molar-refractivity contribution in [2.75, 3.05) is 13.1 Å². The lowest BCUT2D eigenvalue weighted by molar-refractivity contribution is 0.0145. The molecule has 1 aliphatic heterocycles. The zero-order valence-electron chi connectivity index (χ0n) is 10.0. The lowest BCUT2D eigenvalue weighted by atomic mass is 9.88. The Hall–Kier alpha value is -0.820. The fourth-order valence-corrected chi connectivity index (χ4v) is 2.19. The van der Waals surface area contributed by atoms with Crippen molar-refractivity contribution >= 4 is 0 Å². The standard InChI is InChI=1S/C14H21N/c1-14(2,3)15-10-13(11-15)9-12-7-5-4-6-8-12/h4-8,13H,9-11H2,1-3H3. The summed E-state index contributed by atoms with van der Waals surface area (Å²) in [5.74, 6) is 0.867. The highest BCUT2D eigenvalue weighted by molar-refractivity contribution is 5.16. The van der Waals surface area contributed by atoms with Gasteiger partial charge in [-0.2, -0.15) is 0 Å². The molecule has 0 spiro atoms. The van der Waals surface area contributed by atoms with Gasteiger partial charge in [0.05, 0.1) is 0 Å². The van der Waals surface area contributed by atoms with Crippen molar-refractivity contribution < 1.29 is 0 Å². The lowest BCUT2D eigenvalue weighted by Gasteiger charge is -2.48. The molecule has 0 unspecified atom stereocenters. The Balaban J connectivity index is 1.82. The first-order valence-electron chi connectivity index (χ1n) is 5.85. The van der Waals surface area contributed by atoms with Crippen molar-refractivity contribution in [2.24, 2.45) is 5.92 Å². The van der Waals surface area contributed by atoms with Crippen molar-refractivity contribution in [3.05, 3.63) is 35.9 Å². The minimum Gasteiger partial charge on any atom is -0.298 e. The first-order chi connectivity index (χ1) is 7.05. The maximum absolute atomic E-state index is 2.56. The van der Waals surface area contributed by atoms with Crippen LogP contribution in [0.4, 0.5) is 0 Å². The second-order valence-corrected chi connectivity index (χ2v) is 5.63. The third kappa shape index (κ3) is 2.60. The molecular formula is C14H21N. The van der Waals surface area contributed by atoms with Gasteiger partial charge >= 0.3 is 0 Å². The van der Waals surface area contributed by atoms with Gasteiger partial charge in [-0.05, 0) is 38.7 Å². The molecule has 1 nitrogen and oxygen atoms in total. The molecule has 0 radical (unpaired) electrons. The zero-order chi connectivity index (χ0) is 10.9. The predicted molar refractivity (Wildman–Crippen MR) is 65.0 cm³/mol. The molecule has 1 saturated heterocycles. The molecule has 15 heavy (non-hydrogen) atoms. The van der Waals surface area contributed by atoms with Gasteiger partial charge in [0, 0.05) is 18.6 Å². The number of likely N-dealkylation sites (tertiary alicyclic amines) is 1. The Labute approximate surface area is 93.1 Å². The smallest absolute Gasteiger partial charge is 0.0125 e. The van der Waals surface area contributed by atoms with Crippen molar-refractivity contribution in [1.82, 2.24) is 4.90 Å². The van der Waals surface area contributed by atoms with Gasteiger partial charge < -0.3 is 0 Å². The highest BCUT2D eigenvalue weighted by Crippen LogP contribution is 2.27. The molecule has 0 aliphatic carbocycles. The highest BCUT2D eigenvalue weighted by Gasteiger charge is 2.33. The van der Waals surface area contributed by atoms with E-state index in [1.54, 1.807) is 0 Å². The van der Waals surface area contributed by atoms with Crippen molar-refractivity contribution in [3.8, 4) is 0 Å². The van der Waals surface area contributed by atoms with Gasteiger partial charge in [0.15, 0.2) is 0 Å². The molecule has 0 bridgehead atoms. The summed E-state index contributed by atoms with van der Waals surface area (Å²) >= 11 is 0. The van der Waals surface area contributed by atoms with Crippen LogP contribution in [-0.2, 0) is 6.42 Å². The van der Waals surface area contributed by atoms with Gasteiger partial charge in [-0.3, -0.25) is 4.90 Å². The van der Waals surface area contributed by atoms with Crippen molar-refractivity contribution in [3.63, 3.8) is 0 Å². The largest absolute Gasteiger partial charge is 0.298 e. The second-order valence-electron chi connectivity index (χ2n) is 5.63. The summed E-state index contributed by atoms with van der Waals surface area (Å²) in [7, 11) is 0. The summed E-state index contributed by atoms with van der Waals surface area (Å²) < 4.78 is 0. The van der Waals surface area contributed by atoms with E-state index in [1.165, 1.54) is 25.1 Å². The van der Waals surface area contributed by atoms with E-state index in [9.17, 15) is 0 Å². The summed E-state index contributed by atoms with van der Waals surface area (Å²) in [6.45, 7) is 9.42. The van der Waals surface area contributed by atoms with Crippen LogP contribution in [0, 0.1) is 5.92 Å². The van der Waals surface area contributed by atoms with Gasteiger partial charge in [-0.1, -0.05) is 30.3 Å². The highest BCUT2D eigenvalue weighted by atomic mass is 15.2. The van der Waals surface area contributed by atoms with E-state index in [1.807, 2.05) is 0 Å². The van der Waals surface area contributed by atoms with Crippen LogP contribution in [0.15, 0.2) is 30.3 Å². The normalized spacial score (nSPS) is 18.9. The lowest BCUT2D eigenvalue weighted by Crippen LogP contribution is -2.56. The molecule has 0 N–H and O–H groups in total. The SMILES string of the molecule is CC(C)(C)N1CC(Cc2ccccc2)C1. The quantitative estimate of drug-likeness (QED) is 0.714. The van der Waals surface area contributed by atoms with Crippen LogP contribution in [0.1, 0.15) is 26.3 Å². The molecule has 1 heteroatoms. The Morgan fingerprint density at radius 3 is 2.27 bits per heavy atom. The van der Waals surface area contributed by atoms with E-state index < -0.39 is 0 Å². The van der Waals surface area contributed by atoms with Crippen LogP contribution in [-0.4, -0.2) is 23.5 Å². The van der Waals surface area contributed by atoms with Crippen LogP contribution in [0.25, 0.3) is 0 Å². The predicted octanol–water partition coefficient (Wildman–Crippen LogP) is 2.96. The third-order valence-corrected chi connectivity index (χ3v) is 3.27. The Kier molecular flexibility index (Phi) is 2.83. The second kappa shape index (κ2) is 3.97. The van der Waals surface area contributed by atoms with Gasteiger partial charge in [0.2, 0.25) is 0 Å². The Bertz CT molecular complexity index is 304. The van der Waals surface area contributed by atoms with Gasteiger partial charge in [-0.25, -0.2) is 0 Å². The molecule has 82 valence electrons.